The molecule has 0 spiro atoms. The van der Waals surface area contributed by atoms with Crippen molar-refractivity contribution in [1.82, 2.24) is 9.80 Å². The summed E-state index contributed by atoms with van der Waals surface area (Å²) in [7, 11) is 0. The van der Waals surface area contributed by atoms with Crippen LogP contribution in [-0.2, 0) is 14.3 Å². The molecule has 2 aromatic carbocycles. The molecule has 180 valence electrons. The number of hydrogen-bond acceptors (Lipinski definition) is 6. The van der Waals surface area contributed by atoms with Crippen molar-refractivity contribution in [3.05, 3.63) is 71.0 Å². The summed E-state index contributed by atoms with van der Waals surface area (Å²) < 4.78 is 24.6. The fourth-order valence-corrected chi connectivity index (χ4v) is 4.29. The van der Waals surface area contributed by atoms with Gasteiger partial charge in [-0.3, -0.25) is 14.5 Å². The smallest absolute Gasteiger partial charge is 0.295 e. The van der Waals surface area contributed by atoms with Crippen LogP contribution in [0.5, 0.6) is 5.75 Å². The summed E-state index contributed by atoms with van der Waals surface area (Å²) in [6, 6.07) is 11.7. The molecular formula is C26H29FN2O5. The lowest BCUT2D eigenvalue weighted by Gasteiger charge is -2.31. The Hall–Kier alpha value is -3.23. The van der Waals surface area contributed by atoms with Crippen LogP contribution in [0.2, 0.25) is 0 Å². The third-order valence-corrected chi connectivity index (χ3v) is 6.07. The number of carbonyl (C=O) groups is 2. The highest BCUT2D eigenvalue weighted by atomic mass is 19.1. The maximum Gasteiger partial charge on any atom is 0.295 e. The highest BCUT2D eigenvalue weighted by molar-refractivity contribution is 6.46. The van der Waals surface area contributed by atoms with Gasteiger partial charge in [0.15, 0.2) is 0 Å². The molecular weight excluding hydrogens is 439 g/mol. The molecule has 2 aliphatic rings. The number of hydrogen-bond donors (Lipinski definition) is 1. The average molecular weight is 469 g/mol. The molecule has 1 N–H and O–H groups in total. The van der Waals surface area contributed by atoms with Crippen molar-refractivity contribution in [2.75, 3.05) is 46.0 Å². The Balaban J connectivity index is 1.73. The van der Waals surface area contributed by atoms with Gasteiger partial charge in [-0.25, -0.2) is 4.39 Å². The van der Waals surface area contributed by atoms with E-state index in [0.717, 1.165) is 19.5 Å². The van der Waals surface area contributed by atoms with Gasteiger partial charge in [-0.15, -0.1) is 0 Å². The summed E-state index contributed by atoms with van der Waals surface area (Å²) in [5, 5.41) is 11.1. The van der Waals surface area contributed by atoms with Gasteiger partial charge in [0.2, 0.25) is 0 Å². The molecule has 34 heavy (non-hydrogen) atoms. The number of Topliss-reactive ketones (excluding diaryl/α,β-unsaturated/α-hetero) is 1. The number of amides is 1. The molecule has 0 aromatic heterocycles. The number of rotatable bonds is 8. The molecule has 0 unspecified atom stereocenters. The van der Waals surface area contributed by atoms with Crippen LogP contribution in [0.3, 0.4) is 0 Å². The van der Waals surface area contributed by atoms with Crippen LogP contribution in [0.1, 0.15) is 30.5 Å². The maximum absolute atomic E-state index is 13.4. The second-order valence-electron chi connectivity index (χ2n) is 8.37. The molecule has 7 nitrogen and oxygen atoms in total. The molecule has 2 aliphatic heterocycles. The standard InChI is InChI=1S/C26H29FN2O5/c1-2-14-34-21-5-3-4-19(17-21)23-22(24(30)18-6-8-20(27)9-7-18)25(31)26(32)29(23)11-10-28-12-15-33-16-13-28/h3-9,17,23,30H,2,10-16H2,1H3/t23-/m0/s1. The van der Waals surface area contributed by atoms with Gasteiger partial charge in [0.1, 0.15) is 17.3 Å². The zero-order valence-corrected chi connectivity index (χ0v) is 19.2. The minimum absolute atomic E-state index is 0.00812. The predicted octanol–water partition coefficient (Wildman–Crippen LogP) is 3.37. The zero-order chi connectivity index (χ0) is 24.1. The van der Waals surface area contributed by atoms with Crippen molar-refractivity contribution in [3.8, 4) is 5.75 Å². The second-order valence-corrected chi connectivity index (χ2v) is 8.37. The first-order valence-electron chi connectivity index (χ1n) is 11.6. The molecule has 2 aromatic rings. The number of ketones is 1. The van der Waals surface area contributed by atoms with Crippen molar-refractivity contribution < 1.29 is 28.6 Å². The number of morpholine rings is 1. The van der Waals surface area contributed by atoms with E-state index >= 15 is 0 Å². The summed E-state index contributed by atoms with van der Waals surface area (Å²) >= 11 is 0. The largest absolute Gasteiger partial charge is 0.507 e. The highest BCUT2D eigenvalue weighted by Crippen LogP contribution is 2.40. The number of ether oxygens (including phenoxy) is 2. The number of aliphatic hydroxyl groups excluding tert-OH is 1. The summed E-state index contributed by atoms with van der Waals surface area (Å²) in [5.74, 6) is -1.58. The number of halogens is 1. The molecule has 0 bridgehead atoms. The molecule has 0 radical (unpaired) electrons. The average Bonchev–Trinajstić information content (AvgIpc) is 3.12. The fourth-order valence-electron chi connectivity index (χ4n) is 4.29. The van der Waals surface area contributed by atoms with Crippen molar-refractivity contribution in [1.29, 1.82) is 0 Å². The van der Waals surface area contributed by atoms with Gasteiger partial charge in [-0.05, 0) is 48.4 Å². The van der Waals surface area contributed by atoms with E-state index in [4.69, 9.17) is 9.47 Å². The van der Waals surface area contributed by atoms with Gasteiger partial charge in [-0.2, -0.15) is 0 Å². The van der Waals surface area contributed by atoms with Crippen LogP contribution >= 0.6 is 0 Å². The van der Waals surface area contributed by atoms with E-state index in [1.54, 1.807) is 12.1 Å². The monoisotopic (exact) mass is 468 g/mol. The molecule has 2 saturated heterocycles. The first kappa shape index (κ1) is 23.9. The molecule has 0 saturated carbocycles. The number of benzene rings is 2. The molecule has 2 heterocycles. The predicted molar refractivity (Wildman–Crippen MR) is 125 cm³/mol. The SMILES string of the molecule is CCCOc1cccc([C@H]2C(=C(O)c3ccc(F)cc3)C(=O)C(=O)N2CCN2CCOCC2)c1. The number of carbonyl (C=O) groups excluding carboxylic acids is 2. The van der Waals surface area contributed by atoms with Crippen molar-refractivity contribution in [2.24, 2.45) is 0 Å². The first-order chi connectivity index (χ1) is 16.5. The third-order valence-electron chi connectivity index (χ3n) is 6.07. The highest BCUT2D eigenvalue weighted by Gasteiger charge is 2.46. The summed E-state index contributed by atoms with van der Waals surface area (Å²) in [4.78, 5) is 29.9. The first-order valence-corrected chi connectivity index (χ1v) is 11.6. The topological polar surface area (TPSA) is 79.3 Å². The minimum atomic E-state index is -0.781. The molecule has 1 amide bonds. The quantitative estimate of drug-likeness (QED) is 0.364. The Kier molecular flexibility index (Phi) is 7.59. The van der Waals surface area contributed by atoms with Gasteiger partial charge < -0.3 is 19.5 Å². The van der Waals surface area contributed by atoms with Crippen molar-refractivity contribution >= 4 is 17.4 Å². The molecule has 0 aliphatic carbocycles. The van der Waals surface area contributed by atoms with E-state index in [1.807, 2.05) is 19.1 Å². The zero-order valence-electron chi connectivity index (χ0n) is 19.2. The van der Waals surface area contributed by atoms with Gasteiger partial charge in [-0.1, -0.05) is 19.1 Å². The van der Waals surface area contributed by atoms with E-state index in [2.05, 4.69) is 4.90 Å². The lowest BCUT2D eigenvalue weighted by Crippen LogP contribution is -2.42. The van der Waals surface area contributed by atoms with Crippen LogP contribution in [0, 0.1) is 5.82 Å². The van der Waals surface area contributed by atoms with Crippen molar-refractivity contribution in [3.63, 3.8) is 0 Å². The summed E-state index contributed by atoms with van der Waals surface area (Å²) in [6.45, 7) is 6.20. The number of likely N-dealkylation sites (tertiary alicyclic amines) is 1. The van der Waals surface area contributed by atoms with E-state index in [9.17, 15) is 19.1 Å². The maximum atomic E-state index is 13.4. The van der Waals surface area contributed by atoms with E-state index < -0.39 is 23.5 Å². The van der Waals surface area contributed by atoms with Crippen LogP contribution < -0.4 is 4.74 Å². The minimum Gasteiger partial charge on any atom is -0.507 e. The van der Waals surface area contributed by atoms with Crippen LogP contribution in [-0.4, -0.2) is 72.6 Å². The molecule has 4 rings (SSSR count). The van der Waals surface area contributed by atoms with Crippen LogP contribution in [0.4, 0.5) is 4.39 Å². The Morgan fingerprint density at radius 2 is 1.85 bits per heavy atom. The lowest BCUT2D eigenvalue weighted by molar-refractivity contribution is -0.140. The molecule has 8 heteroatoms. The Morgan fingerprint density at radius 1 is 1.12 bits per heavy atom. The fraction of sp³-hybridized carbons (Fsp3) is 0.385. The van der Waals surface area contributed by atoms with Gasteiger partial charge in [0.05, 0.1) is 31.4 Å². The van der Waals surface area contributed by atoms with Crippen LogP contribution in [0.25, 0.3) is 5.76 Å². The van der Waals surface area contributed by atoms with Gasteiger partial charge in [0.25, 0.3) is 11.7 Å². The Labute approximate surface area is 198 Å². The lowest BCUT2D eigenvalue weighted by atomic mass is 9.95. The summed E-state index contributed by atoms with van der Waals surface area (Å²) in [6.07, 6.45) is 0.840. The Morgan fingerprint density at radius 3 is 2.56 bits per heavy atom. The van der Waals surface area contributed by atoms with Crippen molar-refractivity contribution in [2.45, 2.75) is 19.4 Å². The van der Waals surface area contributed by atoms with Crippen LogP contribution in [0.15, 0.2) is 54.1 Å². The second kappa shape index (κ2) is 10.8. The van der Waals surface area contributed by atoms with Gasteiger partial charge >= 0.3 is 0 Å². The number of nitrogens with zero attached hydrogens (tertiary/aromatic N) is 2. The van der Waals surface area contributed by atoms with E-state index in [0.29, 0.717) is 44.2 Å². The third kappa shape index (κ3) is 5.13. The van der Waals surface area contributed by atoms with E-state index in [-0.39, 0.29) is 16.9 Å². The normalized spacial score (nSPS) is 20.6. The Bertz CT molecular complexity index is 1060. The number of aliphatic hydroxyl groups is 1. The molecule has 2 fully saturated rings. The summed E-state index contributed by atoms with van der Waals surface area (Å²) in [5.41, 5.74) is 0.931. The van der Waals surface area contributed by atoms with Gasteiger partial charge in [0, 0.05) is 31.7 Å². The molecule has 1 atom stereocenters. The van der Waals surface area contributed by atoms with E-state index in [1.165, 1.54) is 29.2 Å².